The summed E-state index contributed by atoms with van der Waals surface area (Å²) in [5.74, 6) is 1.67. The lowest BCUT2D eigenvalue weighted by Crippen LogP contribution is -2.62. The highest BCUT2D eigenvalue weighted by molar-refractivity contribution is 5.74. The minimum atomic E-state index is -0.674. The van der Waals surface area contributed by atoms with E-state index in [1.807, 2.05) is 6.07 Å². The van der Waals surface area contributed by atoms with Crippen LogP contribution in [-0.2, 0) is 0 Å². The third-order valence-corrected chi connectivity index (χ3v) is 12.2. The largest absolute Gasteiger partial charge is 0.431 e. The number of piperidine rings is 1. The third-order valence-electron chi connectivity index (χ3n) is 12.2. The van der Waals surface area contributed by atoms with Crippen molar-refractivity contribution in [2.45, 2.75) is 114 Å². The van der Waals surface area contributed by atoms with Crippen LogP contribution < -0.4 is 21.6 Å². The molecule has 4 aliphatic carbocycles. The molecule has 1 unspecified atom stereocenters. The van der Waals surface area contributed by atoms with Crippen LogP contribution in [0.1, 0.15) is 102 Å². The number of aliphatic hydroxyl groups is 1. The summed E-state index contributed by atoms with van der Waals surface area (Å²) in [6.45, 7) is 6.54. The fourth-order valence-electron chi connectivity index (χ4n) is 10.0. The van der Waals surface area contributed by atoms with Gasteiger partial charge in [0, 0.05) is 30.1 Å². The van der Waals surface area contributed by atoms with E-state index in [4.69, 9.17) is 4.42 Å². The molecule has 0 aromatic carbocycles. The van der Waals surface area contributed by atoms with E-state index >= 15 is 0 Å². The van der Waals surface area contributed by atoms with E-state index in [0.29, 0.717) is 30.3 Å². The van der Waals surface area contributed by atoms with Gasteiger partial charge in [-0.3, -0.25) is 0 Å². The zero-order valence-corrected chi connectivity index (χ0v) is 23.3. The Morgan fingerprint density at radius 2 is 1.92 bits per heavy atom. The van der Waals surface area contributed by atoms with Crippen molar-refractivity contribution in [3.63, 3.8) is 0 Å². The highest BCUT2D eigenvalue weighted by Gasteiger charge is 2.67. The fraction of sp³-hybridized carbons (Fsp3) is 0.806. The van der Waals surface area contributed by atoms with Crippen LogP contribution in [0.3, 0.4) is 0 Å². The van der Waals surface area contributed by atoms with E-state index in [9.17, 15) is 14.7 Å². The van der Waals surface area contributed by atoms with Crippen LogP contribution in [0.5, 0.6) is 0 Å². The molecule has 1 aromatic heterocycles. The molecule has 1 saturated heterocycles. The first kappa shape index (κ1) is 26.4. The highest BCUT2D eigenvalue weighted by Crippen LogP contribution is 2.70. The molecule has 2 heterocycles. The summed E-state index contributed by atoms with van der Waals surface area (Å²) in [7, 11) is 0. The van der Waals surface area contributed by atoms with E-state index < -0.39 is 5.60 Å². The quantitative estimate of drug-likeness (QED) is 0.457. The SMILES string of the molecule is C[C@]12CC[C@H](NC(=O)NCC3CCCCN3)C[C@H]1CC[C@@H]1[C@@H]2CC[C@]2(C)[C@@H](c3ccc(=O)oc3)CC[C@]12O. The van der Waals surface area contributed by atoms with Crippen molar-refractivity contribution in [3.8, 4) is 0 Å². The summed E-state index contributed by atoms with van der Waals surface area (Å²) in [6.07, 6.45) is 14.6. The average Bonchev–Trinajstić information content (AvgIpc) is 3.20. The summed E-state index contributed by atoms with van der Waals surface area (Å²) in [6, 6.07) is 4.06. The maximum atomic E-state index is 12.7. The molecule has 0 spiro atoms. The molecule has 6 rings (SSSR count). The molecule has 4 saturated carbocycles. The minimum Gasteiger partial charge on any atom is -0.431 e. The van der Waals surface area contributed by atoms with Gasteiger partial charge in [-0.1, -0.05) is 20.3 Å². The molecule has 9 atom stereocenters. The van der Waals surface area contributed by atoms with Crippen LogP contribution in [-0.4, -0.2) is 41.9 Å². The van der Waals surface area contributed by atoms with Crippen LogP contribution in [0.15, 0.2) is 27.6 Å². The predicted molar refractivity (Wildman–Crippen MR) is 147 cm³/mol. The van der Waals surface area contributed by atoms with Gasteiger partial charge in [0.05, 0.1) is 11.9 Å². The summed E-state index contributed by atoms with van der Waals surface area (Å²) in [5.41, 5.74) is 0.100. The van der Waals surface area contributed by atoms with E-state index in [-0.39, 0.29) is 34.4 Å². The monoisotopic (exact) mass is 525 g/mol. The second-order valence-corrected chi connectivity index (χ2v) is 13.8. The third kappa shape index (κ3) is 4.32. The number of amides is 2. The molecule has 7 heteroatoms. The summed E-state index contributed by atoms with van der Waals surface area (Å²) >= 11 is 0. The maximum absolute atomic E-state index is 12.7. The molecular weight excluding hydrogens is 478 g/mol. The van der Waals surface area contributed by atoms with Crippen molar-refractivity contribution in [1.82, 2.24) is 16.0 Å². The number of carbonyl (C=O) groups is 1. The van der Waals surface area contributed by atoms with Gasteiger partial charge in [0.25, 0.3) is 0 Å². The van der Waals surface area contributed by atoms with Crippen LogP contribution in [0, 0.1) is 28.6 Å². The Morgan fingerprint density at radius 3 is 2.68 bits per heavy atom. The molecule has 7 nitrogen and oxygen atoms in total. The Balaban J connectivity index is 1.11. The van der Waals surface area contributed by atoms with Crippen molar-refractivity contribution < 1.29 is 14.3 Å². The Kier molecular flexibility index (Phi) is 6.91. The van der Waals surface area contributed by atoms with Crippen molar-refractivity contribution in [3.05, 3.63) is 34.4 Å². The lowest BCUT2D eigenvalue weighted by Gasteiger charge is -2.63. The molecule has 0 radical (unpaired) electrons. The number of fused-ring (bicyclic) bond motifs is 5. The van der Waals surface area contributed by atoms with Gasteiger partial charge in [0.15, 0.2) is 0 Å². The van der Waals surface area contributed by atoms with Gasteiger partial charge >= 0.3 is 11.7 Å². The van der Waals surface area contributed by atoms with E-state index in [2.05, 4.69) is 29.8 Å². The highest BCUT2D eigenvalue weighted by atomic mass is 16.4. The molecule has 1 aromatic rings. The molecule has 1 aliphatic heterocycles. The number of rotatable bonds is 4. The van der Waals surface area contributed by atoms with Gasteiger partial charge in [0.1, 0.15) is 0 Å². The lowest BCUT2D eigenvalue weighted by atomic mass is 9.43. The Labute approximate surface area is 226 Å². The standard InChI is InChI=1S/C31H47N3O4/c1-29-13-10-22(34-28(36)33-18-23-5-3-4-16-32-23)17-21(29)7-8-26-25(29)11-14-30(2)24(12-15-31(26,30)37)20-6-9-27(35)38-19-20/h6,9,19,21-26,32,37H,3-5,7-8,10-18H2,1-2H3,(H2,33,34,36)/t21-,22+,23?,24-,25+,26-,29+,30-,31+/m1/s1. The summed E-state index contributed by atoms with van der Waals surface area (Å²) in [5, 5.41) is 22.3. The predicted octanol–water partition coefficient (Wildman–Crippen LogP) is 4.69. The van der Waals surface area contributed by atoms with Crippen LogP contribution in [0.2, 0.25) is 0 Å². The van der Waals surface area contributed by atoms with Crippen molar-refractivity contribution in [2.24, 2.45) is 28.6 Å². The molecule has 38 heavy (non-hydrogen) atoms. The van der Waals surface area contributed by atoms with Crippen molar-refractivity contribution in [2.75, 3.05) is 13.1 Å². The van der Waals surface area contributed by atoms with Crippen LogP contribution >= 0.6 is 0 Å². The first-order valence-electron chi connectivity index (χ1n) is 15.3. The normalized spacial score (nSPS) is 44.4. The number of nitrogens with one attached hydrogen (secondary N) is 3. The smallest absolute Gasteiger partial charge is 0.335 e. The van der Waals surface area contributed by atoms with E-state index in [1.54, 1.807) is 6.26 Å². The van der Waals surface area contributed by atoms with Gasteiger partial charge in [-0.2, -0.15) is 0 Å². The van der Waals surface area contributed by atoms with Gasteiger partial charge < -0.3 is 25.5 Å². The number of hydrogen-bond donors (Lipinski definition) is 4. The topological polar surface area (TPSA) is 104 Å². The number of urea groups is 1. The first-order valence-corrected chi connectivity index (χ1v) is 15.3. The molecule has 0 bridgehead atoms. The van der Waals surface area contributed by atoms with Crippen LogP contribution in [0.25, 0.3) is 0 Å². The van der Waals surface area contributed by atoms with Gasteiger partial charge in [0.2, 0.25) is 0 Å². The molecule has 5 fully saturated rings. The van der Waals surface area contributed by atoms with Crippen molar-refractivity contribution >= 4 is 6.03 Å². The molecule has 5 aliphatic rings. The molecule has 4 N–H and O–H groups in total. The number of hydrogen-bond acceptors (Lipinski definition) is 5. The lowest BCUT2D eigenvalue weighted by molar-refractivity contribution is -0.201. The molecule has 210 valence electrons. The fourth-order valence-corrected chi connectivity index (χ4v) is 10.0. The maximum Gasteiger partial charge on any atom is 0.335 e. The van der Waals surface area contributed by atoms with Crippen molar-refractivity contribution in [1.29, 1.82) is 0 Å². The summed E-state index contributed by atoms with van der Waals surface area (Å²) < 4.78 is 5.23. The van der Waals surface area contributed by atoms with Crippen LogP contribution in [0.4, 0.5) is 4.79 Å². The Hall–Kier alpha value is -1.86. The van der Waals surface area contributed by atoms with E-state index in [0.717, 1.165) is 76.3 Å². The summed E-state index contributed by atoms with van der Waals surface area (Å²) in [4.78, 5) is 24.2. The Bertz CT molecular complexity index is 1060. The zero-order chi connectivity index (χ0) is 26.5. The molecule has 2 amide bonds. The van der Waals surface area contributed by atoms with Gasteiger partial charge in [-0.05, 0) is 118 Å². The number of carbonyl (C=O) groups excluding carboxylic acids is 1. The van der Waals surface area contributed by atoms with Gasteiger partial charge in [-0.25, -0.2) is 9.59 Å². The second kappa shape index (κ2) is 9.96. The van der Waals surface area contributed by atoms with Gasteiger partial charge in [-0.15, -0.1) is 0 Å². The minimum absolute atomic E-state index is 0.0175. The van der Waals surface area contributed by atoms with E-state index in [1.165, 1.54) is 18.9 Å². The average molecular weight is 526 g/mol. The first-order chi connectivity index (χ1) is 18.2. The second-order valence-electron chi connectivity index (χ2n) is 13.8. The molecular formula is C31H47N3O4. The zero-order valence-electron chi connectivity index (χ0n) is 23.3. The Morgan fingerprint density at radius 1 is 1.05 bits per heavy atom.